The van der Waals surface area contributed by atoms with Crippen molar-refractivity contribution < 1.29 is 28.0 Å². The van der Waals surface area contributed by atoms with E-state index in [4.69, 9.17) is 9.94 Å². The summed E-state index contributed by atoms with van der Waals surface area (Å²) in [5.74, 6) is 4.80. The molecule has 0 aliphatic rings. The molecule has 1 atom stereocenters. The van der Waals surface area contributed by atoms with E-state index in [0.717, 1.165) is 0 Å². The maximum atomic E-state index is 12.7. The van der Waals surface area contributed by atoms with Crippen molar-refractivity contribution in [1.29, 1.82) is 0 Å². The molecule has 0 saturated heterocycles. The molecule has 4 N–H and O–H groups in total. The fourth-order valence-electron chi connectivity index (χ4n) is 2.85. The summed E-state index contributed by atoms with van der Waals surface area (Å²) < 4.78 is 33.0. The quantitative estimate of drug-likeness (QED) is 0.161. The first kappa shape index (κ1) is 25.9. The summed E-state index contributed by atoms with van der Waals surface area (Å²) in [4.78, 5) is 24.0. The fourth-order valence-corrected chi connectivity index (χ4v) is 4.08. The van der Waals surface area contributed by atoms with Gasteiger partial charge >= 0.3 is 0 Å². The maximum absolute atomic E-state index is 12.7. The van der Waals surface area contributed by atoms with Crippen LogP contribution >= 0.6 is 0 Å². The molecule has 9 nitrogen and oxygen atoms in total. The van der Waals surface area contributed by atoms with Gasteiger partial charge in [-0.05, 0) is 62.6 Å². The third-order valence-corrected chi connectivity index (χ3v) is 6.07. The number of carbonyl (C=O) groups is 2. The van der Waals surface area contributed by atoms with Crippen LogP contribution in [0.4, 0.5) is 0 Å². The lowest BCUT2D eigenvalue weighted by molar-refractivity contribution is -0.131. The van der Waals surface area contributed by atoms with Crippen LogP contribution in [0.25, 0.3) is 0 Å². The molecule has 2 amide bonds. The summed E-state index contributed by atoms with van der Waals surface area (Å²) in [5, 5.41) is 11.8. The molecule has 2 aromatic carbocycles. The lowest BCUT2D eigenvalue weighted by atomic mass is 10.1. The van der Waals surface area contributed by atoms with E-state index in [1.165, 1.54) is 29.7 Å². The third-order valence-electron chi connectivity index (χ3n) is 4.59. The van der Waals surface area contributed by atoms with Crippen LogP contribution in [0.2, 0.25) is 0 Å². The van der Waals surface area contributed by atoms with Gasteiger partial charge in [-0.25, -0.2) is 13.9 Å². The van der Waals surface area contributed by atoms with Crippen molar-refractivity contribution in [2.24, 2.45) is 0 Å². The number of carbonyl (C=O) groups excluding carboxylic acids is 2. The SMILES string of the molecule is CC#CCOc1ccc(S(=O)(=O)NC(CCCCNC(=O)c2ccccc2)C(=O)NO)cc1. The molecular weight excluding hydrogens is 446 g/mol. The largest absolute Gasteiger partial charge is 0.481 e. The molecular formula is C23H27N3O6S. The Morgan fingerprint density at radius 1 is 1.06 bits per heavy atom. The standard InChI is InChI=1S/C23H27N3O6S/c1-2-3-17-32-19-12-14-20(15-13-19)33(30,31)26-21(23(28)25-29)11-7-8-16-24-22(27)18-9-5-4-6-10-18/h4-6,9-10,12-15,21,26,29H,7-8,11,16-17H2,1H3,(H,24,27)(H,25,28). The summed E-state index contributed by atoms with van der Waals surface area (Å²) in [7, 11) is -4.02. The second kappa shape index (κ2) is 13.2. The highest BCUT2D eigenvalue weighted by molar-refractivity contribution is 7.89. The van der Waals surface area contributed by atoms with E-state index in [9.17, 15) is 18.0 Å². The third kappa shape index (κ3) is 8.57. The first-order valence-corrected chi connectivity index (χ1v) is 11.8. The molecule has 0 aliphatic carbocycles. The van der Waals surface area contributed by atoms with Gasteiger partial charge < -0.3 is 10.1 Å². The first-order valence-electron chi connectivity index (χ1n) is 10.3. The number of ether oxygens (including phenoxy) is 1. The van der Waals surface area contributed by atoms with Gasteiger partial charge in [0.25, 0.3) is 11.8 Å². The van der Waals surface area contributed by atoms with Gasteiger partial charge in [0.1, 0.15) is 18.4 Å². The van der Waals surface area contributed by atoms with Crippen molar-refractivity contribution in [2.45, 2.75) is 37.1 Å². The molecule has 0 radical (unpaired) electrons. The summed E-state index contributed by atoms with van der Waals surface area (Å²) in [5.41, 5.74) is 2.03. The second-order valence-corrected chi connectivity index (χ2v) is 8.67. The van der Waals surface area contributed by atoms with Crippen molar-refractivity contribution in [2.75, 3.05) is 13.2 Å². The minimum Gasteiger partial charge on any atom is -0.481 e. The number of sulfonamides is 1. The zero-order valence-corrected chi connectivity index (χ0v) is 19.0. The average Bonchev–Trinajstić information content (AvgIpc) is 2.83. The number of benzene rings is 2. The Morgan fingerprint density at radius 2 is 1.76 bits per heavy atom. The molecule has 2 rings (SSSR count). The normalized spacial score (nSPS) is 11.6. The molecule has 0 spiro atoms. The van der Waals surface area contributed by atoms with Crippen LogP contribution in [-0.2, 0) is 14.8 Å². The van der Waals surface area contributed by atoms with E-state index >= 15 is 0 Å². The van der Waals surface area contributed by atoms with Crippen molar-refractivity contribution in [3.05, 3.63) is 60.2 Å². The molecule has 176 valence electrons. The van der Waals surface area contributed by atoms with Crippen LogP contribution in [-0.4, -0.2) is 44.6 Å². The van der Waals surface area contributed by atoms with E-state index in [2.05, 4.69) is 21.9 Å². The average molecular weight is 474 g/mol. The van der Waals surface area contributed by atoms with Gasteiger partial charge in [-0.2, -0.15) is 4.72 Å². The predicted molar refractivity (Wildman–Crippen MR) is 122 cm³/mol. The highest BCUT2D eigenvalue weighted by Crippen LogP contribution is 2.17. The Bertz CT molecular complexity index is 1080. The molecule has 0 aromatic heterocycles. The molecule has 0 heterocycles. The van der Waals surface area contributed by atoms with Gasteiger partial charge in [-0.15, -0.1) is 5.92 Å². The lowest BCUT2D eigenvalue weighted by Gasteiger charge is -2.17. The lowest BCUT2D eigenvalue weighted by Crippen LogP contribution is -2.45. The van der Waals surface area contributed by atoms with Crippen molar-refractivity contribution in [3.63, 3.8) is 0 Å². The number of unbranched alkanes of at least 4 members (excludes halogenated alkanes) is 1. The first-order chi connectivity index (χ1) is 15.9. The van der Waals surface area contributed by atoms with Gasteiger partial charge in [-0.1, -0.05) is 24.1 Å². The molecule has 1 unspecified atom stereocenters. The summed E-state index contributed by atoms with van der Waals surface area (Å²) in [6.45, 7) is 2.23. The van der Waals surface area contributed by atoms with Crippen LogP contribution < -0.4 is 20.3 Å². The molecule has 0 saturated carbocycles. The van der Waals surface area contributed by atoms with Gasteiger partial charge in [0.05, 0.1) is 4.90 Å². The van der Waals surface area contributed by atoms with Gasteiger partial charge in [0.2, 0.25) is 10.0 Å². The molecule has 33 heavy (non-hydrogen) atoms. The zero-order chi connectivity index (χ0) is 24.1. The Kier molecular flexibility index (Phi) is 10.4. The topological polar surface area (TPSA) is 134 Å². The number of amides is 2. The highest BCUT2D eigenvalue weighted by Gasteiger charge is 2.25. The van der Waals surface area contributed by atoms with Gasteiger partial charge in [0, 0.05) is 12.1 Å². The van der Waals surface area contributed by atoms with Crippen molar-refractivity contribution in [1.82, 2.24) is 15.5 Å². The Labute approximate surface area is 193 Å². The molecule has 0 fully saturated rings. The molecule has 0 bridgehead atoms. The number of nitrogens with one attached hydrogen (secondary N) is 3. The van der Waals surface area contributed by atoms with Gasteiger partial charge in [0.15, 0.2) is 0 Å². The smallest absolute Gasteiger partial charge is 0.261 e. The minimum absolute atomic E-state index is 0.0534. The van der Waals surface area contributed by atoms with Gasteiger partial charge in [-0.3, -0.25) is 14.8 Å². The van der Waals surface area contributed by atoms with E-state index in [0.29, 0.717) is 30.7 Å². The van der Waals surface area contributed by atoms with E-state index in [1.54, 1.807) is 31.2 Å². The van der Waals surface area contributed by atoms with Crippen LogP contribution in [0.15, 0.2) is 59.5 Å². The van der Waals surface area contributed by atoms with Crippen LogP contribution in [0.1, 0.15) is 36.5 Å². The number of hydroxylamine groups is 1. The summed E-state index contributed by atoms with van der Waals surface area (Å²) in [6.07, 6.45) is 1.08. The highest BCUT2D eigenvalue weighted by atomic mass is 32.2. The maximum Gasteiger partial charge on any atom is 0.261 e. The van der Waals surface area contributed by atoms with Crippen molar-refractivity contribution in [3.8, 4) is 17.6 Å². The Morgan fingerprint density at radius 3 is 2.39 bits per heavy atom. The summed E-state index contributed by atoms with van der Waals surface area (Å²) in [6, 6.07) is 13.2. The predicted octanol–water partition coefficient (Wildman–Crippen LogP) is 1.84. The van der Waals surface area contributed by atoms with E-state index in [-0.39, 0.29) is 23.8 Å². The molecule has 2 aromatic rings. The zero-order valence-electron chi connectivity index (χ0n) is 18.2. The van der Waals surface area contributed by atoms with E-state index < -0.39 is 22.0 Å². The second-order valence-electron chi connectivity index (χ2n) is 6.95. The number of hydrogen-bond donors (Lipinski definition) is 4. The number of hydrogen-bond acceptors (Lipinski definition) is 6. The minimum atomic E-state index is -4.02. The van der Waals surface area contributed by atoms with E-state index in [1.807, 2.05) is 6.07 Å². The Balaban J connectivity index is 1.88. The molecule has 10 heteroatoms. The monoisotopic (exact) mass is 473 g/mol. The van der Waals surface area contributed by atoms with Crippen LogP contribution in [0, 0.1) is 11.8 Å². The van der Waals surface area contributed by atoms with Crippen molar-refractivity contribution >= 4 is 21.8 Å². The number of rotatable bonds is 12. The summed E-state index contributed by atoms with van der Waals surface area (Å²) >= 11 is 0. The molecule has 0 aliphatic heterocycles. The fraction of sp³-hybridized carbons (Fsp3) is 0.304. The Hall–Kier alpha value is -3.39. The van der Waals surface area contributed by atoms with Crippen LogP contribution in [0.5, 0.6) is 5.75 Å². The van der Waals surface area contributed by atoms with Crippen LogP contribution in [0.3, 0.4) is 0 Å².